The molecule has 7 nitrogen and oxygen atoms in total. The Morgan fingerprint density at radius 2 is 2.00 bits per heavy atom. The molecule has 1 aromatic carbocycles. The van der Waals surface area contributed by atoms with Crippen LogP contribution in [0.1, 0.15) is 23.4 Å². The second-order valence-corrected chi connectivity index (χ2v) is 6.63. The number of halogens is 1. The van der Waals surface area contributed by atoms with Gasteiger partial charge in [0.2, 0.25) is 5.91 Å². The molecule has 0 aliphatic carbocycles. The van der Waals surface area contributed by atoms with E-state index >= 15 is 0 Å². The van der Waals surface area contributed by atoms with Crippen LogP contribution in [0.15, 0.2) is 24.3 Å². The van der Waals surface area contributed by atoms with Crippen molar-refractivity contribution in [2.24, 2.45) is 0 Å². The third-order valence-corrected chi connectivity index (χ3v) is 4.80. The van der Waals surface area contributed by atoms with Crippen molar-refractivity contribution >= 4 is 11.9 Å². The number of morpholine rings is 1. The number of hydrogen-bond acceptors (Lipinski definition) is 4. The monoisotopic (exact) mass is 375 g/mol. The van der Waals surface area contributed by atoms with Crippen LogP contribution in [0.25, 0.3) is 5.69 Å². The SMILES string of the molecule is Cc1nn(-c2ccc(F)cc2)c(C)c1CC(=O)N1CCOCC1CC(=O)O. The highest BCUT2D eigenvalue weighted by atomic mass is 19.1. The van der Waals surface area contributed by atoms with Crippen LogP contribution in [0.2, 0.25) is 0 Å². The van der Waals surface area contributed by atoms with Gasteiger partial charge in [0.05, 0.1) is 43.5 Å². The first-order valence-electron chi connectivity index (χ1n) is 8.77. The van der Waals surface area contributed by atoms with Gasteiger partial charge in [-0.15, -0.1) is 0 Å². The van der Waals surface area contributed by atoms with Crippen molar-refractivity contribution in [1.82, 2.24) is 14.7 Å². The highest BCUT2D eigenvalue weighted by Gasteiger charge is 2.30. The van der Waals surface area contributed by atoms with Gasteiger partial charge in [-0.05, 0) is 38.1 Å². The highest BCUT2D eigenvalue weighted by Crippen LogP contribution is 2.21. The standard InChI is InChI=1S/C19H22FN3O4/c1-12-17(13(2)23(21-12)15-5-3-14(20)4-6-15)10-18(24)22-7-8-27-11-16(22)9-19(25)26/h3-6,16H,7-11H2,1-2H3,(H,25,26). The number of benzene rings is 1. The number of aromatic nitrogens is 2. The summed E-state index contributed by atoms with van der Waals surface area (Å²) in [5.74, 6) is -1.43. The maximum absolute atomic E-state index is 13.2. The van der Waals surface area contributed by atoms with Crippen molar-refractivity contribution < 1.29 is 23.8 Å². The number of aliphatic carboxylic acids is 1. The molecule has 1 aliphatic heterocycles. The fourth-order valence-electron chi connectivity index (χ4n) is 3.37. The zero-order chi connectivity index (χ0) is 19.6. The van der Waals surface area contributed by atoms with Crippen LogP contribution in [0.5, 0.6) is 0 Å². The van der Waals surface area contributed by atoms with E-state index in [-0.39, 0.29) is 31.2 Å². The molecule has 3 rings (SSSR count). The summed E-state index contributed by atoms with van der Waals surface area (Å²) in [6.45, 7) is 4.68. The molecule has 0 radical (unpaired) electrons. The third-order valence-electron chi connectivity index (χ3n) is 4.80. The van der Waals surface area contributed by atoms with E-state index in [1.807, 2.05) is 13.8 Å². The lowest BCUT2D eigenvalue weighted by molar-refractivity contribution is -0.145. The highest BCUT2D eigenvalue weighted by molar-refractivity contribution is 5.80. The summed E-state index contributed by atoms with van der Waals surface area (Å²) in [5, 5.41) is 13.5. The minimum atomic E-state index is -0.959. The van der Waals surface area contributed by atoms with Crippen molar-refractivity contribution in [3.8, 4) is 5.69 Å². The maximum atomic E-state index is 13.2. The molecular formula is C19H22FN3O4. The minimum absolute atomic E-state index is 0.134. The summed E-state index contributed by atoms with van der Waals surface area (Å²) < 4.78 is 20.2. The van der Waals surface area contributed by atoms with Crippen molar-refractivity contribution in [2.45, 2.75) is 32.7 Å². The van der Waals surface area contributed by atoms with Gasteiger partial charge in [0.1, 0.15) is 5.82 Å². The third kappa shape index (κ3) is 4.16. The van der Waals surface area contributed by atoms with Crippen LogP contribution >= 0.6 is 0 Å². The lowest BCUT2D eigenvalue weighted by atomic mass is 10.1. The number of carbonyl (C=O) groups excluding carboxylic acids is 1. The van der Waals surface area contributed by atoms with Crippen LogP contribution in [0, 0.1) is 19.7 Å². The largest absolute Gasteiger partial charge is 0.481 e. The van der Waals surface area contributed by atoms with E-state index in [1.54, 1.807) is 21.7 Å². The Bertz CT molecular complexity index is 847. The molecule has 144 valence electrons. The molecule has 1 amide bonds. The molecule has 8 heteroatoms. The molecular weight excluding hydrogens is 353 g/mol. The lowest BCUT2D eigenvalue weighted by Crippen LogP contribution is -2.50. The Balaban J connectivity index is 1.81. The van der Waals surface area contributed by atoms with E-state index in [0.717, 1.165) is 11.3 Å². The number of amides is 1. The average Bonchev–Trinajstić information content (AvgIpc) is 2.90. The second-order valence-electron chi connectivity index (χ2n) is 6.63. The molecule has 1 N–H and O–H groups in total. The molecule has 1 fully saturated rings. The van der Waals surface area contributed by atoms with Gasteiger partial charge < -0.3 is 14.7 Å². The average molecular weight is 375 g/mol. The minimum Gasteiger partial charge on any atom is -0.481 e. The molecule has 2 aromatic rings. The van der Waals surface area contributed by atoms with Crippen LogP contribution in [-0.4, -0.2) is 57.5 Å². The van der Waals surface area contributed by atoms with Gasteiger partial charge in [-0.25, -0.2) is 9.07 Å². The summed E-state index contributed by atoms with van der Waals surface area (Å²) in [6.07, 6.45) is -0.00642. The predicted octanol–water partition coefficient (Wildman–Crippen LogP) is 1.87. The van der Waals surface area contributed by atoms with Crippen molar-refractivity contribution in [1.29, 1.82) is 0 Å². The summed E-state index contributed by atoms with van der Waals surface area (Å²) in [4.78, 5) is 25.5. The fraction of sp³-hybridized carbons (Fsp3) is 0.421. The van der Waals surface area contributed by atoms with Crippen LogP contribution in [0.4, 0.5) is 4.39 Å². The van der Waals surface area contributed by atoms with Gasteiger partial charge in [0, 0.05) is 17.8 Å². The molecule has 1 atom stereocenters. The number of nitrogens with zero attached hydrogens (tertiary/aromatic N) is 3. The summed E-state index contributed by atoms with van der Waals surface area (Å²) in [7, 11) is 0. The van der Waals surface area contributed by atoms with Gasteiger partial charge in [0.15, 0.2) is 0 Å². The van der Waals surface area contributed by atoms with E-state index in [1.165, 1.54) is 12.1 Å². The van der Waals surface area contributed by atoms with E-state index in [0.29, 0.717) is 24.5 Å². The first-order chi connectivity index (χ1) is 12.9. The molecule has 27 heavy (non-hydrogen) atoms. The molecule has 0 bridgehead atoms. The first kappa shape index (κ1) is 19.0. The van der Waals surface area contributed by atoms with Crippen molar-refractivity contribution in [3.05, 3.63) is 47.0 Å². The normalized spacial score (nSPS) is 17.1. The number of carbonyl (C=O) groups is 2. The lowest BCUT2D eigenvalue weighted by Gasteiger charge is -2.35. The van der Waals surface area contributed by atoms with E-state index in [9.17, 15) is 14.0 Å². The first-order valence-corrected chi connectivity index (χ1v) is 8.77. The quantitative estimate of drug-likeness (QED) is 0.863. The Labute approximate surface area is 156 Å². The summed E-state index contributed by atoms with van der Waals surface area (Å²) in [5.41, 5.74) is 3.03. The molecule has 1 aliphatic rings. The fourth-order valence-corrected chi connectivity index (χ4v) is 3.37. The predicted molar refractivity (Wildman–Crippen MR) is 95.3 cm³/mol. The number of ether oxygens (including phenoxy) is 1. The molecule has 0 spiro atoms. The molecule has 1 aromatic heterocycles. The Hall–Kier alpha value is -2.74. The van der Waals surface area contributed by atoms with Gasteiger partial charge in [0.25, 0.3) is 0 Å². The maximum Gasteiger partial charge on any atom is 0.305 e. The van der Waals surface area contributed by atoms with Crippen molar-refractivity contribution in [3.63, 3.8) is 0 Å². The van der Waals surface area contributed by atoms with Gasteiger partial charge in [-0.2, -0.15) is 5.10 Å². The van der Waals surface area contributed by atoms with Crippen LogP contribution in [-0.2, 0) is 20.7 Å². The smallest absolute Gasteiger partial charge is 0.305 e. The Morgan fingerprint density at radius 3 is 2.67 bits per heavy atom. The Kier molecular flexibility index (Phi) is 5.55. The van der Waals surface area contributed by atoms with Crippen LogP contribution in [0.3, 0.4) is 0 Å². The number of hydrogen-bond donors (Lipinski definition) is 1. The van der Waals surface area contributed by atoms with E-state index < -0.39 is 12.0 Å². The van der Waals surface area contributed by atoms with Gasteiger partial charge in [-0.1, -0.05) is 0 Å². The topological polar surface area (TPSA) is 84.7 Å². The van der Waals surface area contributed by atoms with Gasteiger partial charge >= 0.3 is 5.97 Å². The van der Waals surface area contributed by atoms with E-state index in [4.69, 9.17) is 9.84 Å². The zero-order valence-corrected chi connectivity index (χ0v) is 15.3. The molecule has 2 heterocycles. The number of carboxylic acids is 1. The van der Waals surface area contributed by atoms with Gasteiger partial charge in [-0.3, -0.25) is 9.59 Å². The van der Waals surface area contributed by atoms with Crippen LogP contribution < -0.4 is 0 Å². The number of rotatable bonds is 5. The second kappa shape index (κ2) is 7.87. The molecule has 0 saturated carbocycles. The zero-order valence-electron chi connectivity index (χ0n) is 15.3. The number of carboxylic acid groups (broad SMARTS) is 1. The Morgan fingerprint density at radius 1 is 1.30 bits per heavy atom. The van der Waals surface area contributed by atoms with E-state index in [2.05, 4.69) is 5.10 Å². The number of aryl methyl sites for hydroxylation is 1. The molecule has 1 saturated heterocycles. The molecule has 1 unspecified atom stereocenters. The summed E-state index contributed by atoms with van der Waals surface area (Å²) in [6, 6.07) is 5.52. The summed E-state index contributed by atoms with van der Waals surface area (Å²) >= 11 is 0. The van der Waals surface area contributed by atoms with Crippen molar-refractivity contribution in [2.75, 3.05) is 19.8 Å².